The Balaban J connectivity index is 1.74. The number of carbonyl (C=O) groups is 1. The Morgan fingerprint density at radius 3 is 2.64 bits per heavy atom. The number of likely N-dealkylation sites (N-methyl/N-ethyl adjacent to an activating group) is 1. The maximum Gasteiger partial charge on any atom is 0.255 e. The Hall–Kier alpha value is -2.47. The average Bonchev–Trinajstić information content (AvgIpc) is 2.84. The average molecular weight is 341 g/mol. The normalized spacial score (nSPS) is 23.5. The van der Waals surface area contributed by atoms with E-state index >= 15 is 0 Å². The summed E-state index contributed by atoms with van der Waals surface area (Å²) in [5.74, 6) is 0.568. The molecule has 0 bridgehead atoms. The smallest absolute Gasteiger partial charge is 0.255 e. The minimum absolute atomic E-state index is 0.167. The number of rotatable bonds is 4. The van der Waals surface area contributed by atoms with E-state index in [4.69, 9.17) is 4.74 Å². The van der Waals surface area contributed by atoms with Crippen molar-refractivity contribution in [2.75, 3.05) is 7.05 Å². The highest BCUT2D eigenvalue weighted by Crippen LogP contribution is 2.26. The van der Waals surface area contributed by atoms with E-state index in [0.717, 1.165) is 31.4 Å². The van der Waals surface area contributed by atoms with Crippen molar-refractivity contribution in [3.63, 3.8) is 0 Å². The molecule has 0 saturated heterocycles. The number of ether oxygens (including phenoxy) is 1. The number of nitrogens with zero attached hydrogens (tertiary/aromatic N) is 3. The second-order valence-corrected chi connectivity index (χ2v) is 6.36. The third-order valence-corrected chi connectivity index (χ3v) is 4.69. The number of aliphatic hydroxyl groups is 1. The number of aliphatic hydroxyl groups excluding tert-OH is 1. The zero-order valence-electron chi connectivity index (χ0n) is 14.3. The predicted molar refractivity (Wildman–Crippen MR) is 93.2 cm³/mol. The first-order chi connectivity index (χ1) is 12.2. The van der Waals surface area contributed by atoms with Gasteiger partial charge in [-0.1, -0.05) is 24.6 Å². The molecule has 1 aliphatic rings. The maximum atomic E-state index is 12.7. The summed E-state index contributed by atoms with van der Waals surface area (Å²) in [6, 6.07) is 10.8. The fourth-order valence-corrected chi connectivity index (χ4v) is 3.28. The van der Waals surface area contributed by atoms with Crippen LogP contribution in [0, 0.1) is 0 Å². The molecule has 1 heterocycles. The van der Waals surface area contributed by atoms with E-state index in [1.807, 2.05) is 30.3 Å². The molecule has 6 nitrogen and oxygen atoms in total. The van der Waals surface area contributed by atoms with Crippen LogP contribution in [0.1, 0.15) is 36.0 Å². The van der Waals surface area contributed by atoms with Crippen molar-refractivity contribution >= 4 is 5.91 Å². The first kappa shape index (κ1) is 17.4. The highest BCUT2D eigenvalue weighted by Gasteiger charge is 2.36. The Bertz CT molecular complexity index is 681. The monoisotopic (exact) mass is 341 g/mol. The van der Waals surface area contributed by atoms with Crippen molar-refractivity contribution < 1.29 is 14.6 Å². The van der Waals surface area contributed by atoms with Crippen LogP contribution in [-0.4, -0.2) is 51.4 Å². The Morgan fingerprint density at radius 2 is 1.92 bits per heavy atom. The summed E-state index contributed by atoms with van der Waals surface area (Å²) in [6.45, 7) is 0. The standard InChI is InChI=1S/C19H23N3O3/c1-22(19(24)14-11-12-20-21-13-14)16-9-5-6-10-17(18(16)23)25-15-7-3-2-4-8-15/h2-4,7-8,11-13,16-18,23H,5-6,9-10H2,1H3/t16-,17-,18-/m1/s1. The summed E-state index contributed by atoms with van der Waals surface area (Å²) in [6.07, 6.45) is 5.28. The van der Waals surface area contributed by atoms with Gasteiger partial charge in [-0.2, -0.15) is 10.2 Å². The number of carbonyl (C=O) groups excluding carboxylic acids is 1. The Kier molecular flexibility index (Phi) is 5.60. The van der Waals surface area contributed by atoms with E-state index in [2.05, 4.69) is 10.2 Å². The molecular weight excluding hydrogens is 318 g/mol. The van der Waals surface area contributed by atoms with Gasteiger partial charge in [0.1, 0.15) is 18.0 Å². The largest absolute Gasteiger partial charge is 0.488 e. The molecule has 1 aromatic carbocycles. The van der Waals surface area contributed by atoms with E-state index in [9.17, 15) is 9.90 Å². The van der Waals surface area contributed by atoms with Gasteiger partial charge in [-0.15, -0.1) is 0 Å². The molecule has 2 aromatic rings. The van der Waals surface area contributed by atoms with Gasteiger partial charge in [-0.05, 0) is 37.5 Å². The molecule has 0 spiro atoms. The lowest BCUT2D eigenvalue weighted by Crippen LogP contribution is -2.50. The van der Waals surface area contributed by atoms with E-state index < -0.39 is 6.10 Å². The minimum atomic E-state index is -0.744. The minimum Gasteiger partial charge on any atom is -0.488 e. The van der Waals surface area contributed by atoms with Crippen molar-refractivity contribution in [2.24, 2.45) is 0 Å². The van der Waals surface area contributed by atoms with Crippen LogP contribution in [0.15, 0.2) is 48.8 Å². The molecule has 0 unspecified atom stereocenters. The molecule has 25 heavy (non-hydrogen) atoms. The molecule has 1 aliphatic carbocycles. The van der Waals surface area contributed by atoms with Gasteiger partial charge in [0.15, 0.2) is 0 Å². The topological polar surface area (TPSA) is 75.6 Å². The van der Waals surface area contributed by atoms with Crippen LogP contribution < -0.4 is 4.74 Å². The van der Waals surface area contributed by atoms with Crippen LogP contribution >= 0.6 is 0 Å². The number of benzene rings is 1. The van der Waals surface area contributed by atoms with Gasteiger partial charge in [-0.3, -0.25) is 4.79 Å². The summed E-state index contributed by atoms with van der Waals surface area (Å²) in [5.41, 5.74) is 0.467. The van der Waals surface area contributed by atoms with Crippen molar-refractivity contribution in [1.29, 1.82) is 0 Å². The molecule has 3 rings (SSSR count). The summed E-state index contributed by atoms with van der Waals surface area (Å²) in [7, 11) is 1.72. The van der Waals surface area contributed by atoms with Crippen molar-refractivity contribution in [3.05, 3.63) is 54.4 Å². The zero-order valence-corrected chi connectivity index (χ0v) is 14.3. The molecule has 0 radical (unpaired) electrons. The molecule has 1 amide bonds. The third kappa shape index (κ3) is 4.14. The van der Waals surface area contributed by atoms with E-state index in [1.54, 1.807) is 18.0 Å². The molecule has 0 aliphatic heterocycles. The van der Waals surface area contributed by atoms with Crippen LogP contribution in [0.25, 0.3) is 0 Å². The van der Waals surface area contributed by atoms with Gasteiger partial charge in [0.05, 0.1) is 24.0 Å². The van der Waals surface area contributed by atoms with E-state index in [-0.39, 0.29) is 18.1 Å². The highest BCUT2D eigenvalue weighted by molar-refractivity contribution is 5.93. The third-order valence-electron chi connectivity index (χ3n) is 4.69. The lowest BCUT2D eigenvalue weighted by atomic mass is 10.0. The quantitative estimate of drug-likeness (QED) is 0.864. The second-order valence-electron chi connectivity index (χ2n) is 6.36. The second kappa shape index (κ2) is 8.07. The summed E-state index contributed by atoms with van der Waals surface area (Å²) < 4.78 is 6.00. The number of aromatic nitrogens is 2. The van der Waals surface area contributed by atoms with Gasteiger partial charge in [0.2, 0.25) is 0 Å². The van der Waals surface area contributed by atoms with Crippen LogP contribution in [0.2, 0.25) is 0 Å². The van der Waals surface area contributed by atoms with Crippen LogP contribution in [0.5, 0.6) is 5.75 Å². The van der Waals surface area contributed by atoms with E-state index in [0.29, 0.717) is 5.56 Å². The SMILES string of the molecule is CN(C(=O)c1ccnnc1)[C@@H]1CCCC[C@@H](Oc2ccccc2)[C@@H]1O. The van der Waals surface area contributed by atoms with Gasteiger partial charge >= 0.3 is 0 Å². The molecular formula is C19H23N3O3. The molecule has 1 fully saturated rings. The van der Waals surface area contributed by atoms with Gasteiger partial charge in [0, 0.05) is 7.05 Å². The maximum absolute atomic E-state index is 12.7. The summed E-state index contributed by atoms with van der Waals surface area (Å²) in [5, 5.41) is 18.3. The first-order valence-electron chi connectivity index (χ1n) is 8.60. The van der Waals surface area contributed by atoms with Crippen LogP contribution in [0.3, 0.4) is 0 Å². The summed E-state index contributed by atoms with van der Waals surface area (Å²) >= 11 is 0. The number of hydrogen-bond donors (Lipinski definition) is 1. The Labute approximate surface area is 147 Å². The van der Waals surface area contributed by atoms with Crippen LogP contribution in [-0.2, 0) is 0 Å². The molecule has 132 valence electrons. The predicted octanol–water partition coefficient (Wildman–Crippen LogP) is 2.30. The fourth-order valence-electron chi connectivity index (χ4n) is 3.28. The lowest BCUT2D eigenvalue weighted by molar-refractivity contribution is -0.0143. The number of para-hydroxylation sites is 1. The van der Waals surface area contributed by atoms with E-state index in [1.165, 1.54) is 12.4 Å². The molecule has 1 N–H and O–H groups in total. The molecule has 6 heteroatoms. The van der Waals surface area contributed by atoms with Crippen molar-refractivity contribution in [3.8, 4) is 5.75 Å². The zero-order chi connectivity index (χ0) is 17.6. The lowest BCUT2D eigenvalue weighted by Gasteiger charge is -2.34. The number of amides is 1. The Morgan fingerprint density at radius 1 is 1.16 bits per heavy atom. The van der Waals surface area contributed by atoms with Gasteiger partial charge < -0.3 is 14.7 Å². The number of hydrogen-bond acceptors (Lipinski definition) is 5. The van der Waals surface area contributed by atoms with Gasteiger partial charge in [-0.25, -0.2) is 0 Å². The highest BCUT2D eigenvalue weighted by atomic mass is 16.5. The molecule has 1 saturated carbocycles. The molecule has 1 aromatic heterocycles. The van der Waals surface area contributed by atoms with Crippen molar-refractivity contribution in [1.82, 2.24) is 15.1 Å². The summed E-state index contributed by atoms with van der Waals surface area (Å²) in [4.78, 5) is 14.3. The van der Waals surface area contributed by atoms with Crippen LogP contribution in [0.4, 0.5) is 0 Å². The fraction of sp³-hybridized carbons (Fsp3) is 0.421. The molecule has 3 atom stereocenters. The van der Waals surface area contributed by atoms with Gasteiger partial charge in [0.25, 0.3) is 5.91 Å². The van der Waals surface area contributed by atoms with Crippen molar-refractivity contribution in [2.45, 2.75) is 43.9 Å². The first-order valence-corrected chi connectivity index (χ1v) is 8.60.